The average molecular weight is 314 g/mol. The molecule has 1 aromatic rings. The summed E-state index contributed by atoms with van der Waals surface area (Å²) in [5, 5.41) is 8.78. The maximum atomic E-state index is 13.2. The molecular weight excluding hydrogens is 290 g/mol. The molecule has 1 rings (SSSR count). The number of carbonyl (C=O) groups excluding carboxylic acids is 1. The highest BCUT2D eigenvalue weighted by molar-refractivity contribution is 5.93. The summed E-state index contributed by atoms with van der Waals surface area (Å²) in [4.78, 5) is 12.3. The molecule has 0 aliphatic heterocycles. The fourth-order valence-electron chi connectivity index (χ4n) is 2.19. The maximum Gasteiger partial charge on any atom is 0.339 e. The van der Waals surface area contributed by atoms with Gasteiger partial charge >= 0.3 is 5.97 Å². The Balaban J connectivity index is 3.05. The van der Waals surface area contributed by atoms with Gasteiger partial charge in [0.2, 0.25) is 0 Å². The first-order valence-electron chi connectivity index (χ1n) is 7.50. The van der Waals surface area contributed by atoms with Gasteiger partial charge in [-0.2, -0.15) is 0 Å². The van der Waals surface area contributed by atoms with Crippen LogP contribution in [0.5, 0.6) is 0 Å². The van der Waals surface area contributed by atoms with Crippen LogP contribution in [0.3, 0.4) is 0 Å². The highest BCUT2D eigenvalue weighted by Crippen LogP contribution is 2.28. The molecule has 0 radical (unpaired) electrons. The standard InChI is InChI=1S/C17H24F2O3/c1-17(2,3)22-16(21)14-12(8-5-4-6-11-20)9-7-10-13(14)15(18)19/h7,9-10,15,20H,4-6,8,11H2,1-3H3. The molecule has 0 aliphatic rings. The lowest BCUT2D eigenvalue weighted by atomic mass is 9.96. The summed E-state index contributed by atoms with van der Waals surface area (Å²) in [5.74, 6) is -0.708. The van der Waals surface area contributed by atoms with Crippen LogP contribution in [0.25, 0.3) is 0 Å². The molecule has 1 N–H and O–H groups in total. The number of halogens is 2. The maximum absolute atomic E-state index is 13.2. The summed E-state index contributed by atoms with van der Waals surface area (Å²) >= 11 is 0. The highest BCUT2D eigenvalue weighted by Gasteiger charge is 2.26. The Kier molecular flexibility index (Phi) is 6.94. The number of hydrogen-bond acceptors (Lipinski definition) is 3. The summed E-state index contributed by atoms with van der Waals surface area (Å²) in [6.45, 7) is 5.22. The van der Waals surface area contributed by atoms with Gasteiger partial charge in [-0.05, 0) is 45.6 Å². The summed E-state index contributed by atoms with van der Waals surface area (Å²) < 4.78 is 31.7. The smallest absolute Gasteiger partial charge is 0.339 e. The predicted molar refractivity (Wildman–Crippen MR) is 81.2 cm³/mol. The molecule has 1 aromatic carbocycles. The number of aliphatic hydroxyl groups excluding tert-OH is 1. The van der Waals surface area contributed by atoms with Crippen molar-refractivity contribution in [1.82, 2.24) is 0 Å². The molecular formula is C17H24F2O3. The minimum absolute atomic E-state index is 0.0172. The van der Waals surface area contributed by atoms with Crippen molar-refractivity contribution in [3.05, 3.63) is 34.9 Å². The monoisotopic (exact) mass is 314 g/mol. The Morgan fingerprint density at radius 1 is 1.23 bits per heavy atom. The first kappa shape index (κ1) is 18.6. The van der Waals surface area contributed by atoms with Gasteiger partial charge in [-0.1, -0.05) is 24.6 Å². The van der Waals surface area contributed by atoms with E-state index in [4.69, 9.17) is 9.84 Å². The van der Waals surface area contributed by atoms with Crippen LogP contribution in [0.4, 0.5) is 8.78 Å². The van der Waals surface area contributed by atoms with E-state index in [1.165, 1.54) is 12.1 Å². The van der Waals surface area contributed by atoms with Gasteiger partial charge in [0.25, 0.3) is 6.43 Å². The summed E-state index contributed by atoms with van der Waals surface area (Å²) in [5.41, 5.74) is -0.462. The molecule has 0 spiro atoms. The van der Waals surface area contributed by atoms with E-state index in [0.717, 1.165) is 12.8 Å². The van der Waals surface area contributed by atoms with Crippen molar-refractivity contribution in [2.45, 2.75) is 58.5 Å². The van der Waals surface area contributed by atoms with Crippen LogP contribution in [-0.4, -0.2) is 23.3 Å². The van der Waals surface area contributed by atoms with Gasteiger partial charge in [0.05, 0.1) is 5.56 Å². The number of carbonyl (C=O) groups is 1. The highest BCUT2D eigenvalue weighted by atomic mass is 19.3. The fraction of sp³-hybridized carbons (Fsp3) is 0.588. The molecule has 0 amide bonds. The molecule has 124 valence electrons. The topological polar surface area (TPSA) is 46.5 Å². The number of alkyl halides is 2. The number of aliphatic hydroxyl groups is 1. The summed E-state index contributed by atoms with van der Waals surface area (Å²) in [6, 6.07) is 4.49. The van der Waals surface area contributed by atoms with Crippen LogP contribution in [0.2, 0.25) is 0 Å². The zero-order valence-corrected chi connectivity index (χ0v) is 13.4. The van der Waals surface area contributed by atoms with Crippen molar-refractivity contribution in [3.8, 4) is 0 Å². The normalized spacial score (nSPS) is 11.8. The lowest BCUT2D eigenvalue weighted by Gasteiger charge is -2.22. The second-order valence-corrected chi connectivity index (χ2v) is 6.22. The van der Waals surface area contributed by atoms with Crippen molar-refractivity contribution < 1.29 is 23.4 Å². The number of rotatable bonds is 7. The van der Waals surface area contributed by atoms with E-state index in [1.54, 1.807) is 26.8 Å². The Morgan fingerprint density at radius 3 is 2.45 bits per heavy atom. The third-order valence-corrected chi connectivity index (χ3v) is 3.13. The van der Waals surface area contributed by atoms with Crippen molar-refractivity contribution in [3.63, 3.8) is 0 Å². The first-order chi connectivity index (χ1) is 10.3. The van der Waals surface area contributed by atoms with Gasteiger partial charge in [0, 0.05) is 12.2 Å². The molecule has 0 fully saturated rings. The molecule has 0 unspecified atom stereocenters. The van der Waals surface area contributed by atoms with E-state index in [1.807, 2.05) is 0 Å². The van der Waals surface area contributed by atoms with Crippen LogP contribution in [0.15, 0.2) is 18.2 Å². The molecule has 0 saturated heterocycles. The molecule has 0 aliphatic carbocycles. The van der Waals surface area contributed by atoms with E-state index in [2.05, 4.69) is 0 Å². The van der Waals surface area contributed by atoms with Crippen molar-refractivity contribution in [2.24, 2.45) is 0 Å². The molecule has 0 heterocycles. The van der Waals surface area contributed by atoms with Crippen LogP contribution < -0.4 is 0 Å². The van der Waals surface area contributed by atoms with E-state index in [9.17, 15) is 13.6 Å². The van der Waals surface area contributed by atoms with Gasteiger partial charge in [-0.3, -0.25) is 0 Å². The van der Waals surface area contributed by atoms with E-state index >= 15 is 0 Å². The third-order valence-electron chi connectivity index (χ3n) is 3.13. The van der Waals surface area contributed by atoms with Crippen molar-refractivity contribution in [2.75, 3.05) is 6.61 Å². The number of ether oxygens (including phenoxy) is 1. The minimum Gasteiger partial charge on any atom is -0.456 e. The SMILES string of the molecule is CC(C)(C)OC(=O)c1c(CCCCCO)cccc1C(F)F. The van der Waals surface area contributed by atoms with Crippen LogP contribution in [0.1, 0.15) is 67.9 Å². The Morgan fingerprint density at radius 2 is 1.91 bits per heavy atom. The second-order valence-electron chi connectivity index (χ2n) is 6.22. The van der Waals surface area contributed by atoms with Crippen LogP contribution in [-0.2, 0) is 11.2 Å². The zero-order valence-electron chi connectivity index (χ0n) is 13.4. The Labute approximate surface area is 130 Å². The number of esters is 1. The number of aryl methyl sites for hydroxylation is 1. The first-order valence-corrected chi connectivity index (χ1v) is 7.50. The molecule has 3 nitrogen and oxygen atoms in total. The molecule has 5 heteroatoms. The predicted octanol–water partition coefficient (Wildman–Crippen LogP) is 4.28. The van der Waals surface area contributed by atoms with Gasteiger partial charge < -0.3 is 9.84 Å². The number of unbranched alkanes of at least 4 members (excludes halogenated alkanes) is 2. The lowest BCUT2D eigenvalue weighted by molar-refractivity contribution is 0.00607. The summed E-state index contributed by atoms with van der Waals surface area (Å²) in [6.07, 6.45) is -0.0441. The summed E-state index contributed by atoms with van der Waals surface area (Å²) in [7, 11) is 0. The van der Waals surface area contributed by atoms with Crippen LogP contribution in [0, 0.1) is 0 Å². The van der Waals surface area contributed by atoms with Crippen molar-refractivity contribution in [1.29, 1.82) is 0 Å². The third kappa shape index (κ3) is 5.72. The van der Waals surface area contributed by atoms with Gasteiger partial charge in [-0.15, -0.1) is 0 Å². The van der Waals surface area contributed by atoms with Gasteiger partial charge in [0.1, 0.15) is 5.60 Å². The molecule has 0 bridgehead atoms. The lowest BCUT2D eigenvalue weighted by Crippen LogP contribution is -2.25. The van der Waals surface area contributed by atoms with Crippen molar-refractivity contribution >= 4 is 5.97 Å². The minimum atomic E-state index is -2.72. The molecule has 0 atom stereocenters. The second kappa shape index (κ2) is 8.22. The fourth-order valence-corrected chi connectivity index (χ4v) is 2.19. The quantitative estimate of drug-likeness (QED) is 0.603. The number of hydrogen-bond donors (Lipinski definition) is 1. The van der Waals surface area contributed by atoms with E-state index in [0.29, 0.717) is 18.4 Å². The van der Waals surface area contributed by atoms with E-state index < -0.39 is 18.0 Å². The molecule has 0 aromatic heterocycles. The van der Waals surface area contributed by atoms with Gasteiger partial charge in [-0.25, -0.2) is 13.6 Å². The largest absolute Gasteiger partial charge is 0.456 e. The zero-order chi connectivity index (χ0) is 16.8. The molecule has 22 heavy (non-hydrogen) atoms. The van der Waals surface area contributed by atoms with Crippen LogP contribution >= 0.6 is 0 Å². The van der Waals surface area contributed by atoms with Gasteiger partial charge in [0.15, 0.2) is 0 Å². The average Bonchev–Trinajstić information content (AvgIpc) is 2.41. The Bertz CT molecular complexity index is 493. The molecule has 0 saturated carbocycles. The number of benzene rings is 1. The Hall–Kier alpha value is -1.49. The van der Waals surface area contributed by atoms with E-state index in [-0.39, 0.29) is 17.7 Å².